The monoisotopic (exact) mass is 196 g/mol. The zero-order valence-electron chi connectivity index (χ0n) is 8.82. The first kappa shape index (κ1) is 9.61. The summed E-state index contributed by atoms with van der Waals surface area (Å²) in [7, 11) is 1.89. The van der Waals surface area contributed by atoms with Crippen LogP contribution < -0.4 is 5.73 Å². The molecule has 1 fully saturated rings. The van der Waals surface area contributed by atoms with E-state index in [-0.39, 0.29) is 11.5 Å². The predicted octanol–water partition coefficient (Wildman–Crippen LogP) is -0.261. The summed E-state index contributed by atoms with van der Waals surface area (Å²) in [5, 5.41) is 4.23. The summed E-state index contributed by atoms with van der Waals surface area (Å²) in [4.78, 5) is 4.41. The van der Waals surface area contributed by atoms with Crippen LogP contribution in [0.4, 0.5) is 0 Å². The molecule has 0 bridgehead atoms. The molecule has 1 aromatic heterocycles. The van der Waals surface area contributed by atoms with Gasteiger partial charge in [0.2, 0.25) is 0 Å². The van der Waals surface area contributed by atoms with Crippen LogP contribution in [-0.2, 0) is 17.2 Å². The molecule has 0 radical (unpaired) electrons. The molecule has 78 valence electrons. The van der Waals surface area contributed by atoms with Crippen LogP contribution in [0.3, 0.4) is 0 Å². The van der Waals surface area contributed by atoms with E-state index in [2.05, 4.69) is 17.0 Å². The Morgan fingerprint density at radius 3 is 2.79 bits per heavy atom. The van der Waals surface area contributed by atoms with Crippen molar-refractivity contribution in [1.82, 2.24) is 14.8 Å². The van der Waals surface area contributed by atoms with Crippen LogP contribution in [0.1, 0.15) is 18.6 Å². The summed E-state index contributed by atoms with van der Waals surface area (Å²) in [6.45, 7) is 5.19. The summed E-state index contributed by atoms with van der Waals surface area (Å²) in [6.07, 6.45) is 0. The molecule has 2 unspecified atom stereocenters. The summed E-state index contributed by atoms with van der Waals surface area (Å²) < 4.78 is 7.18. The SMILES string of the molecule is Cc1nc(C2(C)COCC2N)n(C)n1. The fourth-order valence-electron chi connectivity index (χ4n) is 1.93. The number of rotatable bonds is 1. The Kier molecular flexibility index (Phi) is 2.08. The first-order chi connectivity index (χ1) is 6.54. The normalized spacial score (nSPS) is 32.4. The van der Waals surface area contributed by atoms with Crippen molar-refractivity contribution in [2.45, 2.75) is 25.3 Å². The molecule has 0 aliphatic carbocycles. The number of aromatic nitrogens is 3. The topological polar surface area (TPSA) is 66.0 Å². The van der Waals surface area contributed by atoms with E-state index >= 15 is 0 Å². The van der Waals surface area contributed by atoms with E-state index in [1.165, 1.54) is 0 Å². The number of nitrogens with zero attached hydrogens (tertiary/aromatic N) is 3. The van der Waals surface area contributed by atoms with Gasteiger partial charge in [0.05, 0.1) is 18.6 Å². The van der Waals surface area contributed by atoms with Crippen molar-refractivity contribution in [2.24, 2.45) is 12.8 Å². The molecule has 2 rings (SSSR count). The molecule has 0 amide bonds. The second kappa shape index (κ2) is 3.03. The Morgan fingerprint density at radius 2 is 2.36 bits per heavy atom. The highest BCUT2D eigenvalue weighted by atomic mass is 16.5. The fraction of sp³-hybridized carbons (Fsp3) is 0.778. The van der Waals surface area contributed by atoms with Crippen molar-refractivity contribution in [1.29, 1.82) is 0 Å². The first-order valence-electron chi connectivity index (χ1n) is 4.75. The van der Waals surface area contributed by atoms with Crippen LogP contribution in [0.2, 0.25) is 0 Å². The zero-order chi connectivity index (χ0) is 10.3. The maximum absolute atomic E-state index is 6.02. The summed E-state index contributed by atoms with van der Waals surface area (Å²) >= 11 is 0. The van der Waals surface area contributed by atoms with Crippen molar-refractivity contribution < 1.29 is 4.74 Å². The Hall–Kier alpha value is -0.940. The molecule has 5 nitrogen and oxygen atoms in total. The highest BCUT2D eigenvalue weighted by molar-refractivity contribution is 5.14. The van der Waals surface area contributed by atoms with Crippen LogP contribution in [0.25, 0.3) is 0 Å². The molecule has 0 aromatic carbocycles. The second-order valence-corrected chi connectivity index (χ2v) is 4.15. The average Bonchev–Trinajstić information content (AvgIpc) is 2.59. The van der Waals surface area contributed by atoms with Gasteiger partial charge in [-0.1, -0.05) is 0 Å². The van der Waals surface area contributed by atoms with Gasteiger partial charge < -0.3 is 10.5 Å². The third kappa shape index (κ3) is 1.24. The second-order valence-electron chi connectivity index (χ2n) is 4.15. The van der Waals surface area contributed by atoms with Gasteiger partial charge in [-0.15, -0.1) is 0 Å². The fourth-order valence-corrected chi connectivity index (χ4v) is 1.93. The zero-order valence-corrected chi connectivity index (χ0v) is 8.82. The van der Waals surface area contributed by atoms with Crippen molar-refractivity contribution in [3.63, 3.8) is 0 Å². The first-order valence-corrected chi connectivity index (χ1v) is 4.75. The molecule has 14 heavy (non-hydrogen) atoms. The summed E-state index contributed by atoms with van der Waals surface area (Å²) in [6, 6.07) is 0.00444. The van der Waals surface area contributed by atoms with E-state index in [0.29, 0.717) is 13.2 Å². The lowest BCUT2D eigenvalue weighted by Crippen LogP contribution is -2.43. The Bertz CT molecular complexity index is 349. The van der Waals surface area contributed by atoms with E-state index in [1.807, 2.05) is 14.0 Å². The van der Waals surface area contributed by atoms with Crippen LogP contribution in [-0.4, -0.2) is 34.0 Å². The highest BCUT2D eigenvalue weighted by Gasteiger charge is 2.42. The Labute approximate surface area is 83.3 Å². The minimum absolute atomic E-state index is 0.00444. The molecule has 1 aliphatic rings. The predicted molar refractivity (Wildman–Crippen MR) is 51.9 cm³/mol. The van der Waals surface area contributed by atoms with Gasteiger partial charge in [-0.25, -0.2) is 4.98 Å². The van der Waals surface area contributed by atoms with Crippen molar-refractivity contribution >= 4 is 0 Å². The summed E-state index contributed by atoms with van der Waals surface area (Å²) in [5.74, 6) is 1.70. The molecule has 0 spiro atoms. The highest BCUT2D eigenvalue weighted by Crippen LogP contribution is 2.30. The van der Waals surface area contributed by atoms with Gasteiger partial charge in [-0.3, -0.25) is 4.68 Å². The minimum Gasteiger partial charge on any atom is -0.379 e. The van der Waals surface area contributed by atoms with Crippen LogP contribution >= 0.6 is 0 Å². The van der Waals surface area contributed by atoms with Crippen molar-refractivity contribution in [2.75, 3.05) is 13.2 Å². The van der Waals surface area contributed by atoms with E-state index in [9.17, 15) is 0 Å². The molecular weight excluding hydrogens is 180 g/mol. The number of hydrogen-bond donors (Lipinski definition) is 1. The van der Waals surface area contributed by atoms with E-state index in [0.717, 1.165) is 11.6 Å². The van der Waals surface area contributed by atoms with Crippen molar-refractivity contribution in [3.8, 4) is 0 Å². The van der Waals surface area contributed by atoms with Crippen LogP contribution in [0, 0.1) is 6.92 Å². The maximum atomic E-state index is 6.02. The summed E-state index contributed by atoms with van der Waals surface area (Å²) in [5.41, 5.74) is 5.82. The van der Waals surface area contributed by atoms with Gasteiger partial charge in [-0.2, -0.15) is 5.10 Å². The number of ether oxygens (including phenoxy) is 1. The number of aryl methyl sites for hydroxylation is 2. The minimum atomic E-state index is -0.198. The van der Waals surface area contributed by atoms with Crippen LogP contribution in [0.15, 0.2) is 0 Å². The average molecular weight is 196 g/mol. The van der Waals surface area contributed by atoms with Gasteiger partial charge in [0, 0.05) is 13.1 Å². The molecule has 1 saturated heterocycles. The third-order valence-corrected chi connectivity index (χ3v) is 2.90. The third-order valence-electron chi connectivity index (χ3n) is 2.90. The molecule has 1 aliphatic heterocycles. The molecular formula is C9H16N4O. The molecule has 1 aromatic rings. The molecule has 2 heterocycles. The molecule has 2 N–H and O–H groups in total. The van der Waals surface area contributed by atoms with Gasteiger partial charge in [-0.05, 0) is 13.8 Å². The van der Waals surface area contributed by atoms with Gasteiger partial charge in [0.15, 0.2) is 0 Å². The van der Waals surface area contributed by atoms with E-state index in [1.54, 1.807) is 4.68 Å². The van der Waals surface area contributed by atoms with Crippen LogP contribution in [0.5, 0.6) is 0 Å². The lowest BCUT2D eigenvalue weighted by Gasteiger charge is -2.25. The smallest absolute Gasteiger partial charge is 0.147 e. The van der Waals surface area contributed by atoms with Crippen molar-refractivity contribution in [3.05, 3.63) is 11.6 Å². The standard InChI is InChI=1S/C9H16N4O/c1-6-11-8(13(3)12-6)9(2)5-14-4-7(9)10/h7H,4-5,10H2,1-3H3. The van der Waals surface area contributed by atoms with E-state index in [4.69, 9.17) is 10.5 Å². The quantitative estimate of drug-likeness (QED) is 0.672. The Morgan fingerprint density at radius 1 is 1.64 bits per heavy atom. The molecule has 0 saturated carbocycles. The maximum Gasteiger partial charge on any atom is 0.147 e. The number of nitrogens with two attached hydrogens (primary N) is 1. The largest absolute Gasteiger partial charge is 0.379 e. The van der Waals surface area contributed by atoms with Gasteiger partial charge >= 0.3 is 0 Å². The van der Waals surface area contributed by atoms with Gasteiger partial charge in [0.1, 0.15) is 11.6 Å². The lowest BCUT2D eigenvalue weighted by molar-refractivity contribution is 0.177. The Balaban J connectivity index is 2.42. The van der Waals surface area contributed by atoms with E-state index < -0.39 is 0 Å². The number of hydrogen-bond acceptors (Lipinski definition) is 4. The lowest BCUT2D eigenvalue weighted by atomic mass is 9.85. The molecule has 5 heteroatoms. The van der Waals surface area contributed by atoms with Gasteiger partial charge in [0.25, 0.3) is 0 Å². The molecule has 2 atom stereocenters.